The molecular weight excluding hydrogens is 239 g/mol. The Balaban J connectivity index is 3.25. The highest BCUT2D eigenvalue weighted by molar-refractivity contribution is 7.93. The Morgan fingerprint density at radius 1 is 1.21 bits per heavy atom. The maximum absolute atomic E-state index is 12.1. The first-order chi connectivity index (χ1) is 6.25. The third-order valence-electron chi connectivity index (χ3n) is 1.47. The van der Waals surface area contributed by atoms with Gasteiger partial charge in [-0.2, -0.15) is 13.2 Å². The fraction of sp³-hybridized carbons (Fsp3) is 0.143. The minimum atomic E-state index is -5.05. The molecule has 1 aromatic rings. The van der Waals surface area contributed by atoms with Crippen molar-refractivity contribution in [2.45, 2.75) is 10.4 Å². The number of hydrogen-bond donors (Lipinski definition) is 1. The van der Waals surface area contributed by atoms with Crippen LogP contribution in [0.25, 0.3) is 0 Å². The lowest BCUT2D eigenvalue weighted by Gasteiger charge is -2.10. The predicted octanol–water partition coefficient (Wildman–Crippen LogP) is 3.27. The zero-order chi connectivity index (χ0) is 11.0. The van der Waals surface area contributed by atoms with Gasteiger partial charge in [-0.1, -0.05) is 11.6 Å². The molecular formula is C7H5ClF3NOS. The van der Waals surface area contributed by atoms with E-state index in [0.717, 1.165) is 24.3 Å². The molecule has 1 N–H and O–H groups in total. The molecule has 0 bridgehead atoms. The summed E-state index contributed by atoms with van der Waals surface area (Å²) in [6.07, 6.45) is 0. The molecule has 1 atom stereocenters. The van der Waals surface area contributed by atoms with Gasteiger partial charge in [0, 0.05) is 5.02 Å². The summed E-state index contributed by atoms with van der Waals surface area (Å²) in [7, 11) is -4.75. The van der Waals surface area contributed by atoms with Crippen molar-refractivity contribution >= 4 is 21.3 Å². The number of rotatable bonds is 1. The second kappa shape index (κ2) is 3.43. The quantitative estimate of drug-likeness (QED) is 0.808. The topological polar surface area (TPSA) is 40.9 Å². The van der Waals surface area contributed by atoms with Crippen LogP contribution < -0.4 is 0 Å². The van der Waals surface area contributed by atoms with Crippen LogP contribution in [0.3, 0.4) is 0 Å². The van der Waals surface area contributed by atoms with Gasteiger partial charge < -0.3 is 0 Å². The molecule has 0 heterocycles. The van der Waals surface area contributed by atoms with Crippen molar-refractivity contribution in [3.05, 3.63) is 29.3 Å². The monoisotopic (exact) mass is 243 g/mol. The zero-order valence-corrected chi connectivity index (χ0v) is 8.21. The van der Waals surface area contributed by atoms with E-state index in [1.165, 1.54) is 0 Å². The Hall–Kier alpha value is -0.750. The first kappa shape index (κ1) is 11.3. The highest BCUT2D eigenvalue weighted by Crippen LogP contribution is 2.31. The number of benzene rings is 1. The summed E-state index contributed by atoms with van der Waals surface area (Å²) in [4.78, 5) is -0.589. The number of hydrogen-bond acceptors (Lipinski definition) is 2. The Morgan fingerprint density at radius 2 is 1.64 bits per heavy atom. The van der Waals surface area contributed by atoms with Gasteiger partial charge in [0.05, 0.1) is 4.90 Å². The van der Waals surface area contributed by atoms with Crippen LogP contribution in [0.15, 0.2) is 29.2 Å². The van der Waals surface area contributed by atoms with Crippen molar-refractivity contribution in [1.82, 2.24) is 0 Å². The van der Waals surface area contributed by atoms with Crippen LogP contribution in [0.4, 0.5) is 13.2 Å². The second-order valence-electron chi connectivity index (χ2n) is 2.46. The number of alkyl halides is 3. The third-order valence-corrected chi connectivity index (χ3v) is 3.31. The summed E-state index contributed by atoms with van der Waals surface area (Å²) < 4.78 is 54.1. The van der Waals surface area contributed by atoms with Crippen molar-refractivity contribution in [2.75, 3.05) is 0 Å². The smallest absolute Gasteiger partial charge is 0.241 e. The molecule has 1 rings (SSSR count). The van der Waals surface area contributed by atoms with Crippen molar-refractivity contribution in [1.29, 1.82) is 4.78 Å². The van der Waals surface area contributed by atoms with Gasteiger partial charge in [0.25, 0.3) is 0 Å². The molecule has 0 radical (unpaired) electrons. The van der Waals surface area contributed by atoms with E-state index in [1.807, 2.05) is 0 Å². The van der Waals surface area contributed by atoms with Gasteiger partial charge in [-0.05, 0) is 24.3 Å². The molecule has 14 heavy (non-hydrogen) atoms. The molecule has 0 aliphatic heterocycles. The van der Waals surface area contributed by atoms with E-state index in [-0.39, 0.29) is 5.02 Å². The number of nitrogens with one attached hydrogen (secondary N) is 1. The highest BCUT2D eigenvalue weighted by atomic mass is 35.5. The molecule has 0 aliphatic rings. The van der Waals surface area contributed by atoms with E-state index >= 15 is 0 Å². The maximum Gasteiger partial charge on any atom is 0.483 e. The van der Waals surface area contributed by atoms with Gasteiger partial charge in [-0.15, -0.1) is 0 Å². The van der Waals surface area contributed by atoms with Gasteiger partial charge in [0.15, 0.2) is 9.73 Å². The van der Waals surface area contributed by atoms with Crippen LogP contribution in [0, 0.1) is 4.78 Å². The largest absolute Gasteiger partial charge is 0.483 e. The first-order valence-electron chi connectivity index (χ1n) is 3.36. The summed E-state index contributed by atoms with van der Waals surface area (Å²) in [6, 6.07) is 4.20. The van der Waals surface area contributed by atoms with E-state index in [2.05, 4.69) is 0 Å². The van der Waals surface area contributed by atoms with Gasteiger partial charge in [0.2, 0.25) is 0 Å². The van der Waals surface area contributed by atoms with Gasteiger partial charge in [-0.3, -0.25) is 0 Å². The fourth-order valence-corrected chi connectivity index (χ4v) is 1.67. The fourth-order valence-electron chi connectivity index (χ4n) is 0.760. The molecule has 0 amide bonds. The van der Waals surface area contributed by atoms with Gasteiger partial charge in [0.1, 0.15) is 0 Å². The molecule has 7 heteroatoms. The molecule has 0 fully saturated rings. The van der Waals surface area contributed by atoms with Crippen LogP contribution in [0.2, 0.25) is 5.02 Å². The van der Waals surface area contributed by atoms with E-state index in [0.29, 0.717) is 0 Å². The third kappa shape index (κ3) is 2.01. The average Bonchev–Trinajstić information content (AvgIpc) is 2.03. The maximum atomic E-state index is 12.1. The molecule has 0 saturated carbocycles. The minimum Gasteiger partial charge on any atom is -0.241 e. The van der Waals surface area contributed by atoms with E-state index in [4.69, 9.17) is 16.4 Å². The molecule has 1 unspecified atom stereocenters. The molecule has 0 aliphatic carbocycles. The predicted molar refractivity (Wildman–Crippen MR) is 46.6 cm³/mol. The van der Waals surface area contributed by atoms with E-state index in [1.54, 1.807) is 0 Å². The zero-order valence-electron chi connectivity index (χ0n) is 6.64. The highest BCUT2D eigenvalue weighted by Gasteiger charge is 2.42. The van der Waals surface area contributed by atoms with E-state index < -0.39 is 20.1 Å². The first-order valence-corrected chi connectivity index (χ1v) is 5.29. The standard InChI is InChI=1S/C7H5ClF3NOS/c8-5-1-3-6(4-2-5)14(12,13)7(9,10)11/h1-4,12H. The lowest BCUT2D eigenvalue weighted by molar-refractivity contribution is -0.0406. The molecule has 1 aromatic carbocycles. The average molecular weight is 244 g/mol. The minimum absolute atomic E-state index is 0.228. The van der Waals surface area contributed by atoms with Gasteiger partial charge >= 0.3 is 5.51 Å². The lowest BCUT2D eigenvalue weighted by Crippen LogP contribution is -2.21. The van der Waals surface area contributed by atoms with Crippen molar-refractivity contribution in [3.8, 4) is 0 Å². The summed E-state index contributed by atoms with van der Waals surface area (Å²) in [5.41, 5.74) is -5.05. The van der Waals surface area contributed by atoms with Crippen LogP contribution in [-0.2, 0) is 9.73 Å². The molecule has 2 nitrogen and oxygen atoms in total. The molecule has 78 valence electrons. The summed E-state index contributed by atoms with van der Waals surface area (Å²) >= 11 is 5.44. The molecule has 0 saturated heterocycles. The summed E-state index contributed by atoms with van der Waals surface area (Å²) in [5.74, 6) is 0. The van der Waals surface area contributed by atoms with Crippen molar-refractivity contribution in [2.24, 2.45) is 0 Å². The Bertz CT molecular complexity index is 423. The van der Waals surface area contributed by atoms with Crippen molar-refractivity contribution < 1.29 is 17.4 Å². The lowest BCUT2D eigenvalue weighted by atomic mass is 10.4. The number of halogens is 4. The molecule has 0 aromatic heterocycles. The van der Waals surface area contributed by atoms with E-state index in [9.17, 15) is 17.4 Å². The van der Waals surface area contributed by atoms with Crippen LogP contribution in [-0.4, -0.2) is 9.72 Å². The van der Waals surface area contributed by atoms with Crippen LogP contribution in [0.1, 0.15) is 0 Å². The Labute approximate surface area is 83.7 Å². The van der Waals surface area contributed by atoms with Gasteiger partial charge in [-0.25, -0.2) is 8.99 Å². The SMILES string of the molecule is N=S(=O)(c1ccc(Cl)cc1)C(F)(F)F. The summed E-state index contributed by atoms with van der Waals surface area (Å²) in [6.45, 7) is 0. The normalized spacial score (nSPS) is 16.3. The van der Waals surface area contributed by atoms with Crippen molar-refractivity contribution in [3.63, 3.8) is 0 Å². The Kier molecular flexibility index (Phi) is 2.78. The van der Waals surface area contributed by atoms with Crippen LogP contribution >= 0.6 is 11.6 Å². The Morgan fingerprint density at radius 3 is 2.00 bits per heavy atom. The second-order valence-corrected chi connectivity index (χ2v) is 4.94. The summed E-state index contributed by atoms with van der Waals surface area (Å²) in [5, 5.41) is 0.228. The van der Waals surface area contributed by atoms with Crippen LogP contribution in [0.5, 0.6) is 0 Å². The molecule has 0 spiro atoms.